The van der Waals surface area contributed by atoms with E-state index in [0.29, 0.717) is 19.4 Å². The summed E-state index contributed by atoms with van der Waals surface area (Å²) in [6, 6.07) is 9.85. The third-order valence-corrected chi connectivity index (χ3v) is 5.17. The molecule has 2 fully saturated rings. The van der Waals surface area contributed by atoms with Crippen LogP contribution in [0.3, 0.4) is 0 Å². The minimum absolute atomic E-state index is 0.0751. The topological polar surface area (TPSA) is 64.0 Å². The summed E-state index contributed by atoms with van der Waals surface area (Å²) in [4.78, 5) is 16.3. The van der Waals surface area contributed by atoms with Crippen molar-refractivity contribution in [1.82, 2.24) is 9.80 Å². The minimum atomic E-state index is -0.664. The van der Waals surface area contributed by atoms with E-state index in [2.05, 4.69) is 12.1 Å². The van der Waals surface area contributed by atoms with Crippen molar-refractivity contribution in [2.24, 2.45) is 0 Å². The number of amides is 1. The maximum Gasteiger partial charge on any atom is 0.240 e. The van der Waals surface area contributed by atoms with Gasteiger partial charge in [-0.05, 0) is 44.1 Å². The molecule has 1 amide bonds. The van der Waals surface area contributed by atoms with Crippen molar-refractivity contribution in [1.29, 1.82) is 0 Å². The van der Waals surface area contributed by atoms with Crippen LogP contribution >= 0.6 is 0 Å². The largest absolute Gasteiger partial charge is 0.392 e. The number of aryl methyl sites for hydroxylation is 1. The highest BCUT2D eigenvalue weighted by molar-refractivity contribution is 5.82. The zero-order chi connectivity index (χ0) is 16.9. The van der Waals surface area contributed by atoms with Crippen molar-refractivity contribution in [2.75, 3.05) is 19.6 Å². The average Bonchev–Trinajstić information content (AvgIpc) is 3.24. The normalized spacial score (nSPS) is 26.0. The van der Waals surface area contributed by atoms with Crippen LogP contribution in [0.2, 0.25) is 0 Å². The van der Waals surface area contributed by atoms with Gasteiger partial charge in [0.15, 0.2) is 0 Å². The van der Waals surface area contributed by atoms with Gasteiger partial charge in [-0.25, -0.2) is 0 Å². The zero-order valence-corrected chi connectivity index (χ0v) is 14.2. The number of nitrogens with zero attached hydrogens (tertiary/aromatic N) is 2. The summed E-state index contributed by atoms with van der Waals surface area (Å²) in [7, 11) is 0. The van der Waals surface area contributed by atoms with Crippen molar-refractivity contribution < 1.29 is 15.0 Å². The number of carbonyl (C=O) groups is 1. The van der Waals surface area contributed by atoms with E-state index in [4.69, 9.17) is 0 Å². The molecule has 0 spiro atoms. The summed E-state index contributed by atoms with van der Waals surface area (Å²) in [6.07, 6.45) is 3.76. The lowest BCUT2D eigenvalue weighted by molar-refractivity contribution is -0.139. The Morgan fingerprint density at radius 1 is 1.21 bits per heavy atom. The molecular weight excluding hydrogens is 304 g/mol. The monoisotopic (exact) mass is 332 g/mol. The van der Waals surface area contributed by atoms with Gasteiger partial charge in [-0.3, -0.25) is 9.69 Å². The average molecular weight is 332 g/mol. The smallest absolute Gasteiger partial charge is 0.240 e. The second-order valence-corrected chi connectivity index (χ2v) is 6.99. The molecule has 5 nitrogen and oxygen atoms in total. The molecule has 2 unspecified atom stereocenters. The highest BCUT2D eigenvalue weighted by Crippen LogP contribution is 2.25. The number of aliphatic hydroxyl groups excluding tert-OH is 2. The molecule has 2 N–H and O–H groups in total. The number of carbonyl (C=O) groups excluding carboxylic acids is 1. The summed E-state index contributed by atoms with van der Waals surface area (Å²) in [5.74, 6) is 0.0751. The van der Waals surface area contributed by atoms with Gasteiger partial charge in [0.05, 0.1) is 12.1 Å². The number of benzene rings is 1. The molecular formula is C19H28N2O3. The molecule has 0 radical (unpaired) electrons. The lowest BCUT2D eigenvalue weighted by Crippen LogP contribution is -2.48. The van der Waals surface area contributed by atoms with E-state index in [-0.39, 0.29) is 11.9 Å². The Hall–Kier alpha value is -1.43. The van der Waals surface area contributed by atoms with E-state index in [9.17, 15) is 15.0 Å². The fraction of sp³-hybridized carbons (Fsp3) is 0.632. The first kappa shape index (κ1) is 17.4. The lowest BCUT2D eigenvalue weighted by Gasteiger charge is -2.31. The predicted molar refractivity (Wildman–Crippen MR) is 92.3 cm³/mol. The van der Waals surface area contributed by atoms with Crippen molar-refractivity contribution >= 4 is 5.91 Å². The molecule has 1 aromatic carbocycles. The van der Waals surface area contributed by atoms with Crippen LogP contribution in [-0.2, 0) is 11.2 Å². The molecule has 0 bridgehead atoms. The van der Waals surface area contributed by atoms with Gasteiger partial charge in [-0.15, -0.1) is 0 Å². The van der Waals surface area contributed by atoms with Gasteiger partial charge in [0.1, 0.15) is 6.23 Å². The van der Waals surface area contributed by atoms with E-state index in [1.54, 1.807) is 4.90 Å². The third-order valence-electron chi connectivity index (χ3n) is 5.17. The molecule has 3 rings (SSSR count). The maximum absolute atomic E-state index is 12.7. The van der Waals surface area contributed by atoms with Crippen LogP contribution in [0, 0.1) is 0 Å². The van der Waals surface area contributed by atoms with Gasteiger partial charge >= 0.3 is 0 Å². The molecule has 5 heteroatoms. The minimum Gasteiger partial charge on any atom is -0.392 e. The van der Waals surface area contributed by atoms with Crippen LogP contribution < -0.4 is 0 Å². The highest BCUT2D eigenvalue weighted by atomic mass is 16.3. The summed E-state index contributed by atoms with van der Waals surface area (Å²) >= 11 is 0. The van der Waals surface area contributed by atoms with E-state index >= 15 is 0 Å². The molecule has 0 saturated carbocycles. The van der Waals surface area contributed by atoms with Crippen LogP contribution in [0.4, 0.5) is 0 Å². The summed E-state index contributed by atoms with van der Waals surface area (Å²) < 4.78 is 0. The van der Waals surface area contributed by atoms with E-state index in [1.165, 1.54) is 5.56 Å². The Bertz CT molecular complexity index is 531. The number of likely N-dealkylation sites (tertiary alicyclic amines) is 2. The van der Waals surface area contributed by atoms with Gasteiger partial charge < -0.3 is 15.1 Å². The van der Waals surface area contributed by atoms with Crippen molar-refractivity contribution in [3.8, 4) is 0 Å². The SMILES string of the molecule is O=C([C@H]1CC(O)CN1C(O)CCCc1ccccc1)N1CCCC1. The quantitative estimate of drug-likeness (QED) is 0.826. The molecule has 2 heterocycles. The first-order valence-electron chi connectivity index (χ1n) is 9.10. The molecule has 132 valence electrons. The van der Waals surface area contributed by atoms with E-state index in [0.717, 1.165) is 38.8 Å². The van der Waals surface area contributed by atoms with Crippen LogP contribution in [0.25, 0.3) is 0 Å². The van der Waals surface area contributed by atoms with Crippen LogP contribution in [0.1, 0.15) is 37.7 Å². The van der Waals surface area contributed by atoms with Gasteiger partial charge in [0.2, 0.25) is 5.91 Å². The number of hydrogen-bond acceptors (Lipinski definition) is 4. The Morgan fingerprint density at radius 3 is 2.62 bits per heavy atom. The summed E-state index contributed by atoms with van der Waals surface area (Å²) in [5, 5.41) is 20.5. The summed E-state index contributed by atoms with van der Waals surface area (Å²) in [5.41, 5.74) is 1.26. The first-order valence-corrected chi connectivity index (χ1v) is 9.10. The highest BCUT2D eigenvalue weighted by Gasteiger charge is 2.41. The maximum atomic E-state index is 12.7. The first-order chi connectivity index (χ1) is 11.6. The van der Waals surface area contributed by atoms with Gasteiger partial charge in [0.25, 0.3) is 0 Å². The molecule has 0 aliphatic carbocycles. The molecule has 1 aromatic rings. The van der Waals surface area contributed by atoms with Gasteiger partial charge in [-0.1, -0.05) is 30.3 Å². The van der Waals surface area contributed by atoms with Gasteiger partial charge in [0, 0.05) is 19.6 Å². The second kappa shape index (κ2) is 8.10. The van der Waals surface area contributed by atoms with Crippen molar-refractivity contribution in [3.05, 3.63) is 35.9 Å². The number of β-amino-alcohol motifs (C(OH)–C–C–N with tert-alkyl or cyclic N) is 1. The van der Waals surface area contributed by atoms with Crippen molar-refractivity contribution in [2.45, 2.75) is 56.9 Å². The molecule has 24 heavy (non-hydrogen) atoms. The van der Waals surface area contributed by atoms with Gasteiger partial charge in [-0.2, -0.15) is 0 Å². The fourth-order valence-corrected chi connectivity index (χ4v) is 3.86. The number of rotatable bonds is 6. The van der Waals surface area contributed by atoms with Crippen LogP contribution in [-0.4, -0.2) is 63.9 Å². The zero-order valence-electron chi connectivity index (χ0n) is 14.2. The Morgan fingerprint density at radius 2 is 1.92 bits per heavy atom. The van der Waals surface area contributed by atoms with E-state index in [1.807, 2.05) is 23.1 Å². The second-order valence-electron chi connectivity index (χ2n) is 6.99. The predicted octanol–water partition coefficient (Wildman–Crippen LogP) is 1.39. The molecule has 3 atom stereocenters. The molecule has 2 aliphatic heterocycles. The van der Waals surface area contributed by atoms with Crippen LogP contribution in [0.5, 0.6) is 0 Å². The Kier molecular flexibility index (Phi) is 5.87. The van der Waals surface area contributed by atoms with Crippen LogP contribution in [0.15, 0.2) is 30.3 Å². The Labute approximate surface area is 143 Å². The number of hydrogen-bond donors (Lipinski definition) is 2. The lowest BCUT2D eigenvalue weighted by atomic mass is 10.1. The molecule has 2 aliphatic rings. The molecule has 2 saturated heterocycles. The molecule has 0 aromatic heterocycles. The third kappa shape index (κ3) is 4.15. The van der Waals surface area contributed by atoms with Crippen molar-refractivity contribution in [3.63, 3.8) is 0 Å². The Balaban J connectivity index is 1.53. The van der Waals surface area contributed by atoms with E-state index < -0.39 is 12.3 Å². The number of aliphatic hydroxyl groups is 2. The fourth-order valence-electron chi connectivity index (χ4n) is 3.86. The summed E-state index contributed by atoms with van der Waals surface area (Å²) in [6.45, 7) is 2.00. The standard InChI is InChI=1S/C19H28N2O3/c22-16-13-17(19(24)20-11-4-5-12-20)21(14-16)18(23)10-6-9-15-7-2-1-3-8-15/h1-3,7-8,16-18,22-23H,4-6,9-14H2/t16?,17-,18?/m1/s1.